The van der Waals surface area contributed by atoms with Gasteiger partial charge in [-0.15, -0.1) is 0 Å². The first-order valence-corrected chi connectivity index (χ1v) is 15.4. The number of unbranched alkanes of at least 4 members (excludes halogenated alkanes) is 18. The van der Waals surface area contributed by atoms with Crippen molar-refractivity contribution in [1.82, 2.24) is 0 Å². The zero-order valence-corrected chi connectivity index (χ0v) is 23.8. The number of amides is 1. The Balaban J connectivity index is 1.88. The molecule has 0 heterocycles. The van der Waals surface area contributed by atoms with Crippen LogP contribution < -0.4 is 10.1 Å². The molecule has 4 heteroatoms. The molecule has 1 aromatic rings. The Morgan fingerprint density at radius 3 is 1.61 bits per heavy atom. The zero-order chi connectivity index (χ0) is 25.9. The standard InChI is InChI=1S/C32H57NO3/c1-3-5-6-7-8-9-10-11-12-13-14-15-16-17-18-19-20-21-22-27-32(34)33-30-25-23-24-26-31(30)36-29-28-35-4-2/h23-26H,3-22,27-29H2,1-2H3,(H,33,34). The number of carbonyl (C=O) groups is 1. The Labute approximate surface area is 223 Å². The van der Waals surface area contributed by atoms with Crippen molar-refractivity contribution in [2.45, 2.75) is 142 Å². The molecule has 0 saturated heterocycles. The number of para-hydroxylation sites is 2. The number of anilines is 1. The molecule has 0 aliphatic heterocycles. The molecule has 0 spiro atoms. The van der Waals surface area contributed by atoms with Crippen molar-refractivity contribution in [2.24, 2.45) is 0 Å². The van der Waals surface area contributed by atoms with E-state index in [1.54, 1.807) is 0 Å². The zero-order valence-electron chi connectivity index (χ0n) is 23.8. The van der Waals surface area contributed by atoms with E-state index in [-0.39, 0.29) is 5.91 Å². The van der Waals surface area contributed by atoms with Crippen LogP contribution >= 0.6 is 0 Å². The van der Waals surface area contributed by atoms with Gasteiger partial charge < -0.3 is 14.8 Å². The molecule has 1 rings (SSSR count). The van der Waals surface area contributed by atoms with E-state index in [0.29, 0.717) is 32.0 Å². The van der Waals surface area contributed by atoms with Crippen LogP contribution in [0.2, 0.25) is 0 Å². The van der Waals surface area contributed by atoms with Crippen LogP contribution in [-0.4, -0.2) is 25.7 Å². The summed E-state index contributed by atoms with van der Waals surface area (Å²) in [7, 11) is 0. The van der Waals surface area contributed by atoms with Gasteiger partial charge in [0.15, 0.2) is 0 Å². The molecule has 1 N–H and O–H groups in total. The van der Waals surface area contributed by atoms with Gasteiger partial charge in [-0.3, -0.25) is 4.79 Å². The highest BCUT2D eigenvalue weighted by molar-refractivity contribution is 5.92. The highest BCUT2D eigenvalue weighted by Crippen LogP contribution is 2.24. The van der Waals surface area contributed by atoms with Crippen molar-refractivity contribution in [3.8, 4) is 5.75 Å². The van der Waals surface area contributed by atoms with Gasteiger partial charge >= 0.3 is 0 Å². The second-order valence-electron chi connectivity index (χ2n) is 10.2. The van der Waals surface area contributed by atoms with Gasteiger partial charge in [-0.1, -0.05) is 135 Å². The predicted molar refractivity (Wildman–Crippen MR) is 155 cm³/mol. The average Bonchev–Trinajstić information content (AvgIpc) is 2.89. The van der Waals surface area contributed by atoms with E-state index in [1.165, 1.54) is 109 Å². The molecule has 0 aliphatic rings. The number of nitrogens with one attached hydrogen (secondary N) is 1. The number of hydrogen-bond donors (Lipinski definition) is 1. The van der Waals surface area contributed by atoms with Gasteiger partial charge in [-0.2, -0.15) is 0 Å². The maximum absolute atomic E-state index is 12.3. The number of carbonyl (C=O) groups excluding carboxylic acids is 1. The monoisotopic (exact) mass is 503 g/mol. The number of rotatable bonds is 26. The summed E-state index contributed by atoms with van der Waals surface area (Å²) in [5.74, 6) is 0.779. The highest BCUT2D eigenvalue weighted by atomic mass is 16.5. The van der Waals surface area contributed by atoms with Crippen LogP contribution in [0.1, 0.15) is 142 Å². The molecule has 0 unspecified atom stereocenters. The Kier molecular flexibility index (Phi) is 22.7. The third kappa shape index (κ3) is 19.6. The van der Waals surface area contributed by atoms with Gasteiger partial charge in [0.05, 0.1) is 12.3 Å². The van der Waals surface area contributed by atoms with Gasteiger partial charge in [-0.05, 0) is 25.5 Å². The summed E-state index contributed by atoms with van der Waals surface area (Å²) >= 11 is 0. The normalized spacial score (nSPS) is 11.1. The number of benzene rings is 1. The third-order valence-electron chi connectivity index (χ3n) is 6.86. The molecule has 1 aromatic carbocycles. The maximum Gasteiger partial charge on any atom is 0.224 e. The fourth-order valence-electron chi connectivity index (χ4n) is 4.63. The van der Waals surface area contributed by atoms with E-state index in [0.717, 1.165) is 18.5 Å². The van der Waals surface area contributed by atoms with Crippen molar-refractivity contribution in [2.75, 3.05) is 25.1 Å². The summed E-state index contributed by atoms with van der Waals surface area (Å²) in [6.45, 7) is 5.98. The Bertz CT molecular complexity index is 619. The molecule has 36 heavy (non-hydrogen) atoms. The summed E-state index contributed by atoms with van der Waals surface area (Å²) in [5.41, 5.74) is 0.747. The molecule has 4 nitrogen and oxygen atoms in total. The van der Waals surface area contributed by atoms with Crippen LogP contribution in [0, 0.1) is 0 Å². The summed E-state index contributed by atoms with van der Waals surface area (Å²) < 4.78 is 11.1. The van der Waals surface area contributed by atoms with Crippen LogP contribution in [0.15, 0.2) is 24.3 Å². The first kappa shape index (κ1) is 32.5. The molecule has 1 amide bonds. The number of ether oxygens (including phenoxy) is 2. The fraction of sp³-hybridized carbons (Fsp3) is 0.781. The second-order valence-corrected chi connectivity index (χ2v) is 10.2. The van der Waals surface area contributed by atoms with Crippen molar-refractivity contribution < 1.29 is 14.3 Å². The largest absolute Gasteiger partial charge is 0.489 e. The highest BCUT2D eigenvalue weighted by Gasteiger charge is 2.07. The van der Waals surface area contributed by atoms with Gasteiger partial charge in [0.1, 0.15) is 12.4 Å². The van der Waals surface area contributed by atoms with Crippen LogP contribution in [0.25, 0.3) is 0 Å². The molecule has 0 aliphatic carbocycles. The Hall–Kier alpha value is -1.55. The van der Waals surface area contributed by atoms with E-state index in [1.807, 2.05) is 31.2 Å². The summed E-state index contributed by atoms with van der Waals surface area (Å²) in [6.07, 6.45) is 26.5. The molecular weight excluding hydrogens is 446 g/mol. The molecular formula is C32H57NO3. The SMILES string of the molecule is CCCCCCCCCCCCCCCCCCCCCC(=O)Nc1ccccc1OCCOCC. The summed E-state index contributed by atoms with van der Waals surface area (Å²) in [4.78, 5) is 12.3. The van der Waals surface area contributed by atoms with E-state index in [4.69, 9.17) is 9.47 Å². The van der Waals surface area contributed by atoms with Gasteiger partial charge in [0.2, 0.25) is 5.91 Å². The van der Waals surface area contributed by atoms with Crippen molar-refractivity contribution >= 4 is 11.6 Å². The first-order chi connectivity index (χ1) is 17.8. The van der Waals surface area contributed by atoms with Crippen LogP contribution in [0.4, 0.5) is 5.69 Å². The van der Waals surface area contributed by atoms with Crippen LogP contribution in [-0.2, 0) is 9.53 Å². The maximum atomic E-state index is 12.3. The third-order valence-corrected chi connectivity index (χ3v) is 6.86. The van der Waals surface area contributed by atoms with E-state index >= 15 is 0 Å². The van der Waals surface area contributed by atoms with Crippen molar-refractivity contribution in [1.29, 1.82) is 0 Å². The second kappa shape index (κ2) is 25.1. The summed E-state index contributed by atoms with van der Waals surface area (Å²) in [6, 6.07) is 7.62. The smallest absolute Gasteiger partial charge is 0.224 e. The Morgan fingerprint density at radius 1 is 0.639 bits per heavy atom. The topological polar surface area (TPSA) is 47.6 Å². The predicted octanol–water partition coefficient (Wildman–Crippen LogP) is 9.86. The lowest BCUT2D eigenvalue weighted by Gasteiger charge is -2.12. The van der Waals surface area contributed by atoms with E-state index in [9.17, 15) is 4.79 Å². The van der Waals surface area contributed by atoms with E-state index < -0.39 is 0 Å². The van der Waals surface area contributed by atoms with Gasteiger partial charge in [0, 0.05) is 13.0 Å². The lowest BCUT2D eigenvalue weighted by atomic mass is 10.0. The van der Waals surface area contributed by atoms with Gasteiger partial charge in [-0.25, -0.2) is 0 Å². The lowest BCUT2D eigenvalue weighted by Crippen LogP contribution is -2.13. The minimum Gasteiger partial charge on any atom is -0.489 e. The molecule has 208 valence electrons. The molecule has 0 atom stereocenters. The molecule has 0 fully saturated rings. The molecule has 0 bridgehead atoms. The lowest BCUT2D eigenvalue weighted by molar-refractivity contribution is -0.116. The average molecular weight is 504 g/mol. The van der Waals surface area contributed by atoms with Crippen LogP contribution in [0.5, 0.6) is 5.75 Å². The Morgan fingerprint density at radius 2 is 1.11 bits per heavy atom. The van der Waals surface area contributed by atoms with E-state index in [2.05, 4.69) is 12.2 Å². The minimum absolute atomic E-state index is 0.0721. The first-order valence-electron chi connectivity index (χ1n) is 15.4. The van der Waals surface area contributed by atoms with Crippen molar-refractivity contribution in [3.63, 3.8) is 0 Å². The van der Waals surface area contributed by atoms with Gasteiger partial charge in [0.25, 0.3) is 0 Å². The quantitative estimate of drug-likeness (QED) is 0.128. The minimum atomic E-state index is 0.0721. The summed E-state index contributed by atoms with van der Waals surface area (Å²) in [5, 5.41) is 3.01. The van der Waals surface area contributed by atoms with Crippen molar-refractivity contribution in [3.05, 3.63) is 24.3 Å². The van der Waals surface area contributed by atoms with Crippen LogP contribution in [0.3, 0.4) is 0 Å². The molecule has 0 aromatic heterocycles. The number of hydrogen-bond acceptors (Lipinski definition) is 3. The molecule has 0 radical (unpaired) electrons. The fourth-order valence-corrected chi connectivity index (χ4v) is 4.63. The molecule has 0 saturated carbocycles.